The van der Waals surface area contributed by atoms with Crippen LogP contribution in [0.2, 0.25) is 5.15 Å². The monoisotopic (exact) mass is 403 g/mol. The average molecular weight is 404 g/mol. The van der Waals surface area contributed by atoms with Crippen LogP contribution in [0.3, 0.4) is 0 Å². The van der Waals surface area contributed by atoms with Crippen LogP contribution in [0.25, 0.3) is 11.0 Å². The Morgan fingerprint density at radius 1 is 1.36 bits per heavy atom. The molecule has 1 aromatic carbocycles. The fourth-order valence-corrected chi connectivity index (χ4v) is 4.01. The third-order valence-electron chi connectivity index (χ3n) is 3.07. The van der Waals surface area contributed by atoms with Gasteiger partial charge in [-0.25, -0.2) is 26.9 Å². The maximum Gasteiger partial charge on any atom is 0.267 e. The number of benzene rings is 1. The van der Waals surface area contributed by atoms with Gasteiger partial charge in [0.1, 0.15) is 16.5 Å². The van der Waals surface area contributed by atoms with E-state index < -0.39 is 32.5 Å². The highest BCUT2D eigenvalue weighted by molar-refractivity contribution is 7.90. The summed E-state index contributed by atoms with van der Waals surface area (Å²) in [5.41, 5.74) is 0.387. The molecule has 25 heavy (non-hydrogen) atoms. The van der Waals surface area contributed by atoms with Crippen LogP contribution in [0.5, 0.6) is 0 Å². The lowest BCUT2D eigenvalue weighted by Gasteiger charge is -2.05. The number of nitrogens with zero attached hydrogens (tertiary/aromatic N) is 2. The van der Waals surface area contributed by atoms with Crippen molar-refractivity contribution in [3.05, 3.63) is 58.3 Å². The number of sulfonamides is 1. The molecule has 0 aliphatic rings. The summed E-state index contributed by atoms with van der Waals surface area (Å²) in [7, 11) is -4.49. The average Bonchev–Trinajstić information content (AvgIpc) is 3.05. The SMILES string of the molecule is O=C(/C=C/c1c(Cl)nc2sccn12)NS(=O)(=O)c1ccc(F)cc1F. The van der Waals surface area contributed by atoms with Gasteiger partial charge in [-0.2, -0.15) is 0 Å². The van der Waals surface area contributed by atoms with Gasteiger partial charge in [0.2, 0.25) is 0 Å². The van der Waals surface area contributed by atoms with Crippen molar-refractivity contribution < 1.29 is 22.0 Å². The molecule has 0 unspecified atom stereocenters. The first-order valence-corrected chi connectivity index (χ1v) is 9.33. The van der Waals surface area contributed by atoms with Crippen LogP contribution in [0, 0.1) is 11.6 Å². The largest absolute Gasteiger partial charge is 0.289 e. The molecule has 11 heteroatoms. The molecule has 0 radical (unpaired) electrons. The summed E-state index contributed by atoms with van der Waals surface area (Å²) in [4.78, 5) is 15.7. The second-order valence-corrected chi connectivity index (χ2v) is 7.60. The molecule has 0 fully saturated rings. The summed E-state index contributed by atoms with van der Waals surface area (Å²) in [6.45, 7) is 0. The van der Waals surface area contributed by atoms with E-state index in [0.29, 0.717) is 16.7 Å². The Balaban J connectivity index is 1.82. The predicted molar refractivity (Wildman–Crippen MR) is 88.8 cm³/mol. The highest BCUT2D eigenvalue weighted by atomic mass is 35.5. The first kappa shape index (κ1) is 17.5. The molecule has 0 aliphatic heterocycles. The number of carbonyl (C=O) groups is 1. The third kappa shape index (κ3) is 3.55. The van der Waals surface area contributed by atoms with Gasteiger partial charge < -0.3 is 0 Å². The number of hydrogen-bond acceptors (Lipinski definition) is 5. The van der Waals surface area contributed by atoms with Crippen molar-refractivity contribution in [2.24, 2.45) is 0 Å². The summed E-state index contributed by atoms with van der Waals surface area (Å²) in [6, 6.07) is 1.91. The number of thiazole rings is 1. The van der Waals surface area contributed by atoms with Crippen LogP contribution in [-0.2, 0) is 14.8 Å². The Labute approximate surface area is 149 Å². The minimum atomic E-state index is -4.49. The van der Waals surface area contributed by atoms with Gasteiger partial charge in [0.15, 0.2) is 10.1 Å². The van der Waals surface area contributed by atoms with Gasteiger partial charge in [-0.1, -0.05) is 11.6 Å². The van der Waals surface area contributed by atoms with E-state index >= 15 is 0 Å². The fraction of sp³-hybridized carbons (Fsp3) is 0. The van der Waals surface area contributed by atoms with Gasteiger partial charge in [-0.3, -0.25) is 9.20 Å². The summed E-state index contributed by atoms with van der Waals surface area (Å²) < 4.78 is 53.7. The zero-order chi connectivity index (χ0) is 18.2. The molecular weight excluding hydrogens is 396 g/mol. The van der Waals surface area contributed by atoms with Crippen molar-refractivity contribution in [2.45, 2.75) is 4.90 Å². The van der Waals surface area contributed by atoms with Gasteiger partial charge >= 0.3 is 0 Å². The lowest BCUT2D eigenvalue weighted by Crippen LogP contribution is -2.29. The van der Waals surface area contributed by atoms with E-state index in [1.807, 2.05) is 0 Å². The molecule has 1 N–H and O–H groups in total. The molecule has 0 bridgehead atoms. The van der Waals surface area contributed by atoms with E-state index in [9.17, 15) is 22.0 Å². The van der Waals surface area contributed by atoms with Crippen LogP contribution < -0.4 is 4.72 Å². The number of fused-ring (bicyclic) bond motifs is 1. The topological polar surface area (TPSA) is 80.5 Å². The van der Waals surface area contributed by atoms with Crippen LogP contribution in [0.15, 0.2) is 40.7 Å². The zero-order valence-corrected chi connectivity index (χ0v) is 14.5. The number of nitrogens with one attached hydrogen (secondary N) is 1. The van der Waals surface area contributed by atoms with Gasteiger partial charge in [0.25, 0.3) is 15.9 Å². The number of rotatable bonds is 4. The van der Waals surface area contributed by atoms with Crippen molar-refractivity contribution in [3.63, 3.8) is 0 Å². The molecule has 3 rings (SSSR count). The quantitative estimate of drug-likeness (QED) is 0.679. The predicted octanol–water partition coefficient (Wildman–Crippen LogP) is 2.85. The normalized spacial score (nSPS) is 12.1. The molecular formula is C14H8ClF2N3O3S2. The highest BCUT2D eigenvalue weighted by Gasteiger charge is 2.21. The van der Waals surface area contributed by atoms with E-state index in [1.165, 1.54) is 17.4 Å². The summed E-state index contributed by atoms with van der Waals surface area (Å²) in [5, 5.41) is 1.90. The molecule has 0 atom stereocenters. The van der Waals surface area contributed by atoms with E-state index in [0.717, 1.165) is 18.2 Å². The third-order valence-corrected chi connectivity index (χ3v) is 5.48. The number of imidazole rings is 1. The summed E-state index contributed by atoms with van der Waals surface area (Å²) in [5.74, 6) is -3.26. The van der Waals surface area contributed by atoms with Gasteiger partial charge in [0.05, 0.1) is 5.69 Å². The van der Waals surface area contributed by atoms with Crippen molar-refractivity contribution >= 4 is 49.9 Å². The van der Waals surface area contributed by atoms with Crippen molar-refractivity contribution in [2.75, 3.05) is 0 Å². The Hall–Kier alpha value is -2.30. The smallest absolute Gasteiger partial charge is 0.267 e. The number of hydrogen-bond donors (Lipinski definition) is 1. The Morgan fingerprint density at radius 2 is 2.12 bits per heavy atom. The molecule has 130 valence electrons. The van der Waals surface area contributed by atoms with E-state index in [1.54, 1.807) is 20.7 Å². The molecule has 2 heterocycles. The van der Waals surface area contributed by atoms with Crippen LogP contribution >= 0.6 is 22.9 Å². The lowest BCUT2D eigenvalue weighted by molar-refractivity contribution is -0.114. The van der Waals surface area contributed by atoms with Gasteiger partial charge in [0, 0.05) is 23.7 Å². The number of amides is 1. The maximum absolute atomic E-state index is 13.6. The molecule has 2 aromatic heterocycles. The van der Waals surface area contributed by atoms with Crippen LogP contribution in [0.1, 0.15) is 5.69 Å². The zero-order valence-electron chi connectivity index (χ0n) is 12.1. The first-order chi connectivity index (χ1) is 11.8. The van der Waals surface area contributed by atoms with Crippen molar-refractivity contribution in [3.8, 4) is 0 Å². The molecule has 1 amide bonds. The molecule has 0 saturated carbocycles. The van der Waals surface area contributed by atoms with E-state index in [4.69, 9.17) is 11.6 Å². The first-order valence-electron chi connectivity index (χ1n) is 6.59. The van der Waals surface area contributed by atoms with Gasteiger partial charge in [-0.15, -0.1) is 11.3 Å². The standard InChI is InChI=1S/C14H8ClF2N3O3S2/c15-13-10(20-5-6-24-14(20)18-13)2-4-12(21)19-25(22,23)11-3-1-8(16)7-9(11)17/h1-7H,(H,19,21)/b4-2+. The molecule has 0 aliphatic carbocycles. The molecule has 6 nitrogen and oxygen atoms in total. The maximum atomic E-state index is 13.6. The number of carbonyl (C=O) groups excluding carboxylic acids is 1. The number of halogens is 3. The highest BCUT2D eigenvalue weighted by Crippen LogP contribution is 2.22. The summed E-state index contributed by atoms with van der Waals surface area (Å²) >= 11 is 7.28. The second-order valence-electron chi connectivity index (χ2n) is 4.72. The lowest BCUT2D eigenvalue weighted by atomic mass is 10.3. The molecule has 0 spiro atoms. The Bertz CT molecular complexity index is 1110. The summed E-state index contributed by atoms with van der Waals surface area (Å²) in [6.07, 6.45) is 3.88. The molecule has 0 saturated heterocycles. The molecule has 3 aromatic rings. The Morgan fingerprint density at radius 3 is 2.84 bits per heavy atom. The van der Waals surface area contributed by atoms with Crippen LogP contribution in [-0.4, -0.2) is 23.7 Å². The van der Waals surface area contributed by atoms with E-state index in [-0.39, 0.29) is 5.15 Å². The fourth-order valence-electron chi connectivity index (χ4n) is 2.00. The van der Waals surface area contributed by atoms with E-state index in [2.05, 4.69) is 4.98 Å². The van der Waals surface area contributed by atoms with Crippen molar-refractivity contribution in [1.82, 2.24) is 14.1 Å². The minimum absolute atomic E-state index is 0.142. The van der Waals surface area contributed by atoms with Gasteiger partial charge in [-0.05, 0) is 18.2 Å². The number of aromatic nitrogens is 2. The van der Waals surface area contributed by atoms with Crippen molar-refractivity contribution in [1.29, 1.82) is 0 Å². The van der Waals surface area contributed by atoms with Crippen LogP contribution in [0.4, 0.5) is 8.78 Å². The Kier molecular flexibility index (Phi) is 4.58. The minimum Gasteiger partial charge on any atom is -0.289 e. The second kappa shape index (κ2) is 6.54.